The molecular weight excluding hydrogens is 94.0 g/mol. The summed E-state index contributed by atoms with van der Waals surface area (Å²) in [6.07, 6.45) is 0. The van der Waals surface area contributed by atoms with Gasteiger partial charge in [0.1, 0.15) is 20.3 Å². The van der Waals surface area contributed by atoms with Crippen molar-refractivity contribution in [2.45, 2.75) is 0 Å². The van der Waals surface area contributed by atoms with E-state index < -0.39 is 0 Å². The van der Waals surface area contributed by atoms with E-state index in [2.05, 4.69) is 0 Å². The van der Waals surface area contributed by atoms with E-state index in [-0.39, 0.29) is 0 Å². The third-order valence-corrected chi connectivity index (χ3v) is 0.790. The standard InChI is InChI=1S/C4H9NO2/c1-5-2-6-4-7-3-5/h2-4H2,1H3. The van der Waals surface area contributed by atoms with E-state index in [0.29, 0.717) is 20.3 Å². The molecule has 0 unspecified atom stereocenters. The Labute approximate surface area is 42.8 Å². The predicted molar refractivity (Wildman–Crippen MR) is 24.5 cm³/mol. The van der Waals surface area contributed by atoms with Crippen LogP contribution in [0.1, 0.15) is 0 Å². The number of hydrogen-bond acceptors (Lipinski definition) is 3. The van der Waals surface area contributed by atoms with Crippen molar-refractivity contribution in [1.82, 2.24) is 4.90 Å². The first-order valence-corrected chi connectivity index (χ1v) is 2.23. The second kappa shape index (κ2) is 2.26. The minimum atomic E-state index is 0.449. The van der Waals surface area contributed by atoms with Gasteiger partial charge in [-0.1, -0.05) is 0 Å². The maximum Gasteiger partial charge on any atom is 0.150 e. The monoisotopic (exact) mass is 103 g/mol. The summed E-state index contributed by atoms with van der Waals surface area (Å²) in [6.45, 7) is 1.84. The second-order valence-corrected chi connectivity index (χ2v) is 1.64. The zero-order chi connectivity index (χ0) is 5.11. The van der Waals surface area contributed by atoms with Crippen molar-refractivity contribution in [3.05, 3.63) is 0 Å². The lowest BCUT2D eigenvalue weighted by Gasteiger charge is -2.21. The van der Waals surface area contributed by atoms with Crippen molar-refractivity contribution in [2.75, 3.05) is 27.3 Å². The van der Waals surface area contributed by atoms with Crippen LogP contribution in [0.2, 0.25) is 0 Å². The van der Waals surface area contributed by atoms with Crippen LogP contribution < -0.4 is 0 Å². The number of rotatable bonds is 0. The molecule has 3 nitrogen and oxygen atoms in total. The van der Waals surface area contributed by atoms with Crippen LogP contribution in [0.4, 0.5) is 0 Å². The van der Waals surface area contributed by atoms with Crippen LogP contribution in [0.25, 0.3) is 0 Å². The van der Waals surface area contributed by atoms with Crippen LogP contribution in [0.15, 0.2) is 0 Å². The molecule has 1 fully saturated rings. The first-order chi connectivity index (χ1) is 3.39. The van der Waals surface area contributed by atoms with Gasteiger partial charge in [-0.15, -0.1) is 0 Å². The Bertz CT molecular complexity index is 51.7. The number of ether oxygens (including phenoxy) is 2. The molecule has 1 aliphatic rings. The van der Waals surface area contributed by atoms with Gasteiger partial charge in [-0.25, -0.2) is 0 Å². The maximum atomic E-state index is 4.89. The van der Waals surface area contributed by atoms with E-state index >= 15 is 0 Å². The topological polar surface area (TPSA) is 21.7 Å². The molecule has 0 aromatic carbocycles. The molecule has 42 valence electrons. The van der Waals surface area contributed by atoms with E-state index in [1.54, 1.807) is 0 Å². The van der Waals surface area contributed by atoms with Crippen LogP contribution in [0.3, 0.4) is 0 Å². The lowest BCUT2D eigenvalue weighted by atomic mass is 10.9. The van der Waals surface area contributed by atoms with Gasteiger partial charge < -0.3 is 9.47 Å². The van der Waals surface area contributed by atoms with Gasteiger partial charge in [0.05, 0.1) is 0 Å². The summed E-state index contributed by atoms with van der Waals surface area (Å²) in [5, 5.41) is 0. The Morgan fingerprint density at radius 3 is 2.14 bits per heavy atom. The van der Waals surface area contributed by atoms with Gasteiger partial charge in [-0.2, -0.15) is 0 Å². The number of nitrogens with zero attached hydrogens (tertiary/aromatic N) is 1. The molecule has 0 atom stereocenters. The van der Waals surface area contributed by atoms with Gasteiger partial charge >= 0.3 is 0 Å². The normalized spacial score (nSPS) is 25.3. The predicted octanol–water partition coefficient (Wildman–Crippen LogP) is -0.163. The summed E-state index contributed by atoms with van der Waals surface area (Å²) in [6, 6.07) is 0. The average Bonchev–Trinajstić information content (AvgIpc) is 1.69. The van der Waals surface area contributed by atoms with Gasteiger partial charge in [0.2, 0.25) is 0 Å². The van der Waals surface area contributed by atoms with E-state index in [9.17, 15) is 0 Å². The first kappa shape index (κ1) is 5.03. The summed E-state index contributed by atoms with van der Waals surface area (Å²) in [4.78, 5) is 1.95. The van der Waals surface area contributed by atoms with Crippen molar-refractivity contribution in [2.24, 2.45) is 0 Å². The molecule has 0 aromatic heterocycles. The van der Waals surface area contributed by atoms with Crippen molar-refractivity contribution in [3.63, 3.8) is 0 Å². The fourth-order valence-corrected chi connectivity index (χ4v) is 0.482. The molecule has 1 saturated heterocycles. The Morgan fingerprint density at radius 1 is 1.29 bits per heavy atom. The highest BCUT2D eigenvalue weighted by molar-refractivity contribution is 4.34. The van der Waals surface area contributed by atoms with E-state index in [1.165, 1.54) is 0 Å². The van der Waals surface area contributed by atoms with Gasteiger partial charge in [0.15, 0.2) is 0 Å². The fraction of sp³-hybridized carbons (Fsp3) is 1.00. The minimum Gasteiger partial charge on any atom is -0.340 e. The summed E-state index contributed by atoms with van der Waals surface area (Å²) in [7, 11) is 1.94. The Hall–Kier alpha value is -0.120. The highest BCUT2D eigenvalue weighted by Crippen LogP contribution is 1.91. The quantitative estimate of drug-likeness (QED) is 0.425. The van der Waals surface area contributed by atoms with E-state index in [1.807, 2.05) is 11.9 Å². The van der Waals surface area contributed by atoms with Crippen LogP contribution in [0, 0.1) is 0 Å². The summed E-state index contributed by atoms with van der Waals surface area (Å²) >= 11 is 0. The summed E-state index contributed by atoms with van der Waals surface area (Å²) in [5.74, 6) is 0. The van der Waals surface area contributed by atoms with Crippen molar-refractivity contribution in [1.29, 1.82) is 0 Å². The van der Waals surface area contributed by atoms with Crippen LogP contribution in [-0.2, 0) is 9.47 Å². The highest BCUT2D eigenvalue weighted by Gasteiger charge is 2.02. The van der Waals surface area contributed by atoms with Crippen molar-refractivity contribution in [3.8, 4) is 0 Å². The molecule has 0 bridgehead atoms. The Kier molecular flexibility index (Phi) is 1.62. The zero-order valence-electron chi connectivity index (χ0n) is 4.39. The molecule has 7 heavy (non-hydrogen) atoms. The molecule has 1 rings (SSSR count). The largest absolute Gasteiger partial charge is 0.340 e. The molecule has 0 N–H and O–H groups in total. The minimum absolute atomic E-state index is 0.449. The average molecular weight is 103 g/mol. The van der Waals surface area contributed by atoms with Gasteiger partial charge in [-0.05, 0) is 7.05 Å². The van der Waals surface area contributed by atoms with Gasteiger partial charge in [-0.3, -0.25) is 4.90 Å². The Balaban J connectivity index is 2.12. The first-order valence-electron chi connectivity index (χ1n) is 2.23. The van der Waals surface area contributed by atoms with Crippen LogP contribution in [0.5, 0.6) is 0 Å². The molecule has 0 aliphatic carbocycles. The third-order valence-electron chi connectivity index (χ3n) is 0.790. The maximum absolute atomic E-state index is 4.89. The summed E-state index contributed by atoms with van der Waals surface area (Å²) < 4.78 is 9.77. The molecule has 1 heterocycles. The Morgan fingerprint density at radius 2 is 1.86 bits per heavy atom. The second-order valence-electron chi connectivity index (χ2n) is 1.64. The van der Waals surface area contributed by atoms with E-state index in [4.69, 9.17) is 9.47 Å². The smallest absolute Gasteiger partial charge is 0.150 e. The van der Waals surface area contributed by atoms with Crippen molar-refractivity contribution >= 4 is 0 Å². The molecule has 0 amide bonds. The third kappa shape index (κ3) is 1.43. The van der Waals surface area contributed by atoms with Crippen LogP contribution in [-0.4, -0.2) is 32.2 Å². The molecular formula is C4H9NO2. The zero-order valence-corrected chi connectivity index (χ0v) is 4.39. The molecule has 3 heteroatoms. The molecule has 0 aromatic rings. The van der Waals surface area contributed by atoms with Gasteiger partial charge in [0, 0.05) is 0 Å². The fourth-order valence-electron chi connectivity index (χ4n) is 0.482. The summed E-state index contributed by atoms with van der Waals surface area (Å²) in [5.41, 5.74) is 0. The van der Waals surface area contributed by atoms with Crippen LogP contribution >= 0.6 is 0 Å². The molecule has 0 radical (unpaired) electrons. The lowest BCUT2D eigenvalue weighted by molar-refractivity contribution is -0.174. The molecule has 0 spiro atoms. The lowest BCUT2D eigenvalue weighted by Crippen LogP contribution is -2.30. The van der Waals surface area contributed by atoms with E-state index in [0.717, 1.165) is 0 Å². The number of hydrogen-bond donors (Lipinski definition) is 0. The van der Waals surface area contributed by atoms with Crippen molar-refractivity contribution < 1.29 is 9.47 Å². The molecule has 1 aliphatic heterocycles. The van der Waals surface area contributed by atoms with Gasteiger partial charge in [0.25, 0.3) is 0 Å². The highest BCUT2D eigenvalue weighted by atomic mass is 16.7. The SMILES string of the molecule is CN1COCOC1. The molecule has 0 saturated carbocycles.